The van der Waals surface area contributed by atoms with Crippen molar-refractivity contribution in [1.29, 1.82) is 0 Å². The second kappa shape index (κ2) is 13.2. The number of carbonyl (C=O) groups excluding carboxylic acids is 2. The summed E-state index contributed by atoms with van der Waals surface area (Å²) in [5, 5.41) is 5.88. The zero-order valence-electron chi connectivity index (χ0n) is 18.0. The molecule has 0 unspecified atom stereocenters. The Morgan fingerprint density at radius 1 is 0.880 bits per heavy atom. The second-order valence-electron chi connectivity index (χ2n) is 8.33. The molecule has 150 valence electrons. The van der Waals surface area contributed by atoms with E-state index in [0.717, 1.165) is 0 Å². The third-order valence-electron chi connectivity index (χ3n) is 3.43. The average Bonchev–Trinajstić information content (AvgIpc) is 2.52. The highest BCUT2D eigenvalue weighted by Gasteiger charge is 2.23. The van der Waals surface area contributed by atoms with Crippen LogP contribution in [0, 0.1) is 16.7 Å². The molecule has 5 nitrogen and oxygen atoms in total. The van der Waals surface area contributed by atoms with Gasteiger partial charge in [0.05, 0.1) is 13.2 Å². The molecule has 0 rings (SSSR count). The maximum absolute atomic E-state index is 11.7. The maximum atomic E-state index is 11.7. The molecule has 0 spiro atoms. The number of amides is 2. The van der Waals surface area contributed by atoms with Gasteiger partial charge in [0.15, 0.2) is 0 Å². The third kappa shape index (κ3) is 16.1. The smallest absolute Gasteiger partial charge is 0.220 e. The van der Waals surface area contributed by atoms with Crippen LogP contribution in [0.5, 0.6) is 0 Å². The van der Waals surface area contributed by atoms with Gasteiger partial charge in [-0.2, -0.15) is 0 Å². The molecule has 0 aromatic rings. The van der Waals surface area contributed by atoms with Gasteiger partial charge >= 0.3 is 0 Å². The van der Waals surface area contributed by atoms with E-state index in [1.54, 1.807) is 0 Å². The van der Waals surface area contributed by atoms with Gasteiger partial charge in [-0.05, 0) is 5.92 Å². The van der Waals surface area contributed by atoms with Gasteiger partial charge in [0, 0.05) is 36.8 Å². The molecule has 0 fully saturated rings. The lowest BCUT2D eigenvalue weighted by atomic mass is 9.93. The van der Waals surface area contributed by atoms with Gasteiger partial charge in [0.2, 0.25) is 11.8 Å². The predicted octanol–water partition coefficient (Wildman–Crippen LogP) is 3.77. The van der Waals surface area contributed by atoms with Crippen LogP contribution in [0.15, 0.2) is 0 Å². The molecular formula is C20H42N2O3. The lowest BCUT2D eigenvalue weighted by Crippen LogP contribution is -2.39. The molecule has 0 aliphatic carbocycles. The first kappa shape index (κ1) is 26.1. The van der Waals surface area contributed by atoms with E-state index in [0.29, 0.717) is 45.1 Å². The molecule has 25 heavy (non-hydrogen) atoms. The normalized spacial score (nSPS) is 11.6. The minimum atomic E-state index is -0.116. The van der Waals surface area contributed by atoms with Crippen molar-refractivity contribution in [2.45, 2.75) is 75.2 Å². The number of carbonyl (C=O) groups is 2. The maximum Gasteiger partial charge on any atom is 0.220 e. The van der Waals surface area contributed by atoms with Gasteiger partial charge in [-0.1, -0.05) is 62.3 Å². The van der Waals surface area contributed by atoms with Crippen molar-refractivity contribution in [1.82, 2.24) is 10.6 Å². The van der Waals surface area contributed by atoms with Crippen molar-refractivity contribution in [3.63, 3.8) is 0 Å². The fourth-order valence-electron chi connectivity index (χ4n) is 1.95. The first-order valence-corrected chi connectivity index (χ1v) is 9.58. The SMILES string of the molecule is CC.CCC(=O)NCC(C)(C)COCC(C)(C)CNC(=O)CC(C)C. The van der Waals surface area contributed by atoms with Crippen molar-refractivity contribution in [2.75, 3.05) is 26.3 Å². The number of hydrogen-bond acceptors (Lipinski definition) is 3. The van der Waals surface area contributed by atoms with Crippen molar-refractivity contribution >= 4 is 11.8 Å². The molecule has 0 atom stereocenters. The Bertz CT molecular complexity index is 377. The number of hydrogen-bond donors (Lipinski definition) is 2. The van der Waals surface area contributed by atoms with Crippen molar-refractivity contribution < 1.29 is 14.3 Å². The topological polar surface area (TPSA) is 67.4 Å². The summed E-state index contributed by atoms with van der Waals surface area (Å²) in [5.74, 6) is 0.524. The van der Waals surface area contributed by atoms with Crippen molar-refractivity contribution in [3.05, 3.63) is 0 Å². The van der Waals surface area contributed by atoms with Crippen LogP contribution in [0.4, 0.5) is 0 Å². The van der Waals surface area contributed by atoms with E-state index in [4.69, 9.17) is 4.74 Å². The molecule has 0 heterocycles. The number of nitrogens with one attached hydrogen (secondary N) is 2. The van der Waals surface area contributed by atoms with Gasteiger partial charge in [0.1, 0.15) is 0 Å². The van der Waals surface area contributed by atoms with E-state index >= 15 is 0 Å². The second-order valence-corrected chi connectivity index (χ2v) is 8.33. The largest absolute Gasteiger partial charge is 0.380 e. The average molecular weight is 359 g/mol. The van der Waals surface area contributed by atoms with Gasteiger partial charge in [-0.15, -0.1) is 0 Å². The minimum absolute atomic E-state index is 0.0614. The fraction of sp³-hybridized carbons (Fsp3) is 0.900. The molecule has 0 saturated heterocycles. The minimum Gasteiger partial charge on any atom is -0.380 e. The molecule has 0 radical (unpaired) electrons. The van der Waals surface area contributed by atoms with E-state index in [-0.39, 0.29) is 22.6 Å². The highest BCUT2D eigenvalue weighted by atomic mass is 16.5. The number of rotatable bonds is 11. The van der Waals surface area contributed by atoms with E-state index in [1.807, 2.05) is 34.6 Å². The standard InChI is InChI=1S/C18H36N2O3.C2H6/c1-8-15(21)19-10-17(4,5)12-23-13-18(6,7)11-20-16(22)9-14(2)3;1-2/h14H,8-13H2,1-7H3,(H,19,21)(H,20,22);1-2H3. The van der Waals surface area contributed by atoms with E-state index in [9.17, 15) is 9.59 Å². The molecular weight excluding hydrogens is 316 g/mol. The van der Waals surface area contributed by atoms with Crippen LogP contribution in [0.2, 0.25) is 0 Å². The highest BCUT2D eigenvalue weighted by Crippen LogP contribution is 2.19. The first-order valence-electron chi connectivity index (χ1n) is 9.58. The Balaban J connectivity index is 0. The summed E-state index contributed by atoms with van der Waals surface area (Å²) in [6.07, 6.45) is 1.06. The molecule has 0 aromatic carbocycles. The van der Waals surface area contributed by atoms with Gasteiger partial charge < -0.3 is 15.4 Å². The lowest BCUT2D eigenvalue weighted by molar-refractivity contribution is -0.122. The molecule has 0 aliphatic rings. The van der Waals surface area contributed by atoms with E-state index < -0.39 is 0 Å². The lowest BCUT2D eigenvalue weighted by Gasteiger charge is -2.29. The summed E-state index contributed by atoms with van der Waals surface area (Å²) in [5.41, 5.74) is -0.225. The Morgan fingerprint density at radius 2 is 1.28 bits per heavy atom. The monoisotopic (exact) mass is 358 g/mol. The molecule has 0 saturated carbocycles. The molecule has 0 aromatic heterocycles. The van der Waals surface area contributed by atoms with E-state index in [1.165, 1.54) is 0 Å². The molecule has 2 amide bonds. The Morgan fingerprint density at radius 3 is 1.64 bits per heavy atom. The van der Waals surface area contributed by atoms with E-state index in [2.05, 4.69) is 38.3 Å². The zero-order chi connectivity index (χ0) is 20.1. The van der Waals surface area contributed by atoms with Crippen LogP contribution in [0.25, 0.3) is 0 Å². The summed E-state index contributed by atoms with van der Waals surface area (Å²) in [6, 6.07) is 0. The summed E-state index contributed by atoms with van der Waals surface area (Å²) in [7, 11) is 0. The van der Waals surface area contributed by atoms with Crippen LogP contribution in [0.3, 0.4) is 0 Å². The fourth-order valence-corrected chi connectivity index (χ4v) is 1.95. The van der Waals surface area contributed by atoms with Gasteiger partial charge in [-0.25, -0.2) is 0 Å². The highest BCUT2D eigenvalue weighted by molar-refractivity contribution is 5.76. The first-order chi connectivity index (χ1) is 11.5. The molecule has 0 bridgehead atoms. The summed E-state index contributed by atoms with van der Waals surface area (Å²) >= 11 is 0. The van der Waals surface area contributed by atoms with Crippen LogP contribution >= 0.6 is 0 Å². The van der Waals surface area contributed by atoms with Crippen LogP contribution in [0.1, 0.15) is 75.2 Å². The summed E-state index contributed by atoms with van der Waals surface area (Å²) in [4.78, 5) is 23.0. The molecule has 5 heteroatoms. The quantitative estimate of drug-likeness (QED) is 0.591. The van der Waals surface area contributed by atoms with Gasteiger partial charge in [0.25, 0.3) is 0 Å². The third-order valence-corrected chi connectivity index (χ3v) is 3.43. The van der Waals surface area contributed by atoms with Crippen LogP contribution in [-0.4, -0.2) is 38.1 Å². The van der Waals surface area contributed by atoms with Crippen molar-refractivity contribution in [3.8, 4) is 0 Å². The summed E-state index contributed by atoms with van der Waals surface area (Å²) < 4.78 is 5.84. The Kier molecular flexibility index (Phi) is 13.7. The van der Waals surface area contributed by atoms with Crippen LogP contribution < -0.4 is 10.6 Å². The van der Waals surface area contributed by atoms with Gasteiger partial charge in [-0.3, -0.25) is 9.59 Å². The zero-order valence-corrected chi connectivity index (χ0v) is 18.0. The van der Waals surface area contributed by atoms with Crippen molar-refractivity contribution in [2.24, 2.45) is 16.7 Å². The van der Waals surface area contributed by atoms with Crippen LogP contribution in [-0.2, 0) is 14.3 Å². The number of ether oxygens (including phenoxy) is 1. The molecule has 0 aliphatic heterocycles. The predicted molar refractivity (Wildman–Crippen MR) is 105 cm³/mol. The Hall–Kier alpha value is -1.10. The summed E-state index contributed by atoms with van der Waals surface area (Å²) in [6.45, 7) is 20.6. The Labute approximate surface area is 155 Å². The molecule has 2 N–H and O–H groups in total.